The number of benzene rings is 2. The predicted molar refractivity (Wildman–Crippen MR) is 80.9 cm³/mol. The van der Waals surface area contributed by atoms with Gasteiger partial charge in [-0.2, -0.15) is 0 Å². The Kier molecular flexibility index (Phi) is 3.35. The van der Waals surface area contributed by atoms with Crippen molar-refractivity contribution in [3.8, 4) is 17.1 Å². The van der Waals surface area contributed by atoms with Crippen LogP contribution in [-0.4, -0.2) is 17.1 Å². The van der Waals surface area contributed by atoms with Gasteiger partial charge >= 0.3 is 0 Å². The molecule has 0 saturated heterocycles. The maximum Gasteiger partial charge on any atom is 0.165 e. The first-order valence-corrected chi connectivity index (χ1v) is 6.53. The van der Waals surface area contributed by atoms with Crippen molar-refractivity contribution < 1.29 is 9.13 Å². The molecule has 21 heavy (non-hydrogen) atoms. The van der Waals surface area contributed by atoms with Gasteiger partial charge in [0.15, 0.2) is 17.4 Å². The van der Waals surface area contributed by atoms with Gasteiger partial charge in [-0.25, -0.2) is 14.4 Å². The summed E-state index contributed by atoms with van der Waals surface area (Å²) in [6.07, 6.45) is 0. The Bertz CT molecular complexity index is 839. The lowest BCUT2D eigenvalue weighted by Gasteiger charge is -2.08. The summed E-state index contributed by atoms with van der Waals surface area (Å²) in [4.78, 5) is 8.67. The fourth-order valence-electron chi connectivity index (χ4n) is 2.06. The van der Waals surface area contributed by atoms with Gasteiger partial charge < -0.3 is 10.5 Å². The number of halogens is 2. The number of methoxy groups -OCH3 is 1. The second-order valence-electron chi connectivity index (χ2n) is 4.44. The lowest BCUT2D eigenvalue weighted by Crippen LogP contribution is -1.98. The Morgan fingerprint density at radius 2 is 1.95 bits per heavy atom. The van der Waals surface area contributed by atoms with Crippen LogP contribution >= 0.6 is 11.6 Å². The Morgan fingerprint density at radius 3 is 2.71 bits per heavy atom. The third-order valence-corrected chi connectivity index (χ3v) is 3.33. The van der Waals surface area contributed by atoms with Gasteiger partial charge in [-0.15, -0.1) is 0 Å². The van der Waals surface area contributed by atoms with Crippen LogP contribution in [0.2, 0.25) is 5.02 Å². The van der Waals surface area contributed by atoms with E-state index in [1.54, 1.807) is 24.3 Å². The molecule has 3 rings (SSSR count). The van der Waals surface area contributed by atoms with E-state index in [4.69, 9.17) is 22.1 Å². The number of nitrogen functional groups attached to an aromatic ring is 1. The number of nitrogens with zero attached hydrogens (tertiary/aromatic N) is 2. The number of anilines is 1. The average Bonchev–Trinajstić information content (AvgIpc) is 2.47. The number of fused-ring (bicyclic) bond motifs is 1. The third kappa shape index (κ3) is 2.48. The van der Waals surface area contributed by atoms with E-state index in [-0.39, 0.29) is 5.75 Å². The van der Waals surface area contributed by atoms with Crippen LogP contribution in [0.1, 0.15) is 0 Å². The van der Waals surface area contributed by atoms with Gasteiger partial charge in [0.1, 0.15) is 5.82 Å². The van der Waals surface area contributed by atoms with E-state index >= 15 is 0 Å². The van der Waals surface area contributed by atoms with E-state index in [9.17, 15) is 4.39 Å². The maximum absolute atomic E-state index is 13.5. The highest BCUT2D eigenvalue weighted by Crippen LogP contribution is 2.28. The van der Waals surface area contributed by atoms with Crippen molar-refractivity contribution in [2.75, 3.05) is 12.8 Å². The molecule has 2 aromatic carbocycles. The minimum Gasteiger partial charge on any atom is -0.494 e. The normalized spacial score (nSPS) is 10.8. The van der Waals surface area contributed by atoms with E-state index in [0.717, 1.165) is 5.39 Å². The number of aromatic nitrogens is 2. The fourth-order valence-corrected chi connectivity index (χ4v) is 2.22. The first-order chi connectivity index (χ1) is 10.1. The summed E-state index contributed by atoms with van der Waals surface area (Å²) in [5, 5.41) is 1.28. The fraction of sp³-hybridized carbons (Fsp3) is 0.0667. The van der Waals surface area contributed by atoms with Gasteiger partial charge in [0.2, 0.25) is 0 Å². The van der Waals surface area contributed by atoms with Crippen LogP contribution in [0, 0.1) is 5.82 Å². The summed E-state index contributed by atoms with van der Waals surface area (Å²) in [6.45, 7) is 0. The molecular formula is C15H11ClFN3O. The molecule has 0 radical (unpaired) electrons. The molecule has 3 aromatic rings. The van der Waals surface area contributed by atoms with Gasteiger partial charge in [-0.05, 0) is 36.4 Å². The molecule has 6 heteroatoms. The Hall–Kier alpha value is -2.40. The van der Waals surface area contributed by atoms with E-state index < -0.39 is 5.82 Å². The van der Waals surface area contributed by atoms with Crippen LogP contribution in [0.3, 0.4) is 0 Å². The van der Waals surface area contributed by atoms with Gasteiger partial charge in [0.05, 0.1) is 12.6 Å². The molecule has 0 fully saturated rings. The van der Waals surface area contributed by atoms with Crippen LogP contribution in [-0.2, 0) is 0 Å². The summed E-state index contributed by atoms with van der Waals surface area (Å²) >= 11 is 5.97. The highest BCUT2D eigenvalue weighted by Gasteiger charge is 2.10. The molecule has 0 saturated carbocycles. The molecule has 0 bridgehead atoms. The second-order valence-corrected chi connectivity index (χ2v) is 4.88. The van der Waals surface area contributed by atoms with Crippen LogP contribution < -0.4 is 10.5 Å². The minimum absolute atomic E-state index is 0.126. The second kappa shape index (κ2) is 5.18. The summed E-state index contributed by atoms with van der Waals surface area (Å²) < 4.78 is 18.4. The molecule has 0 aliphatic carbocycles. The number of rotatable bonds is 2. The molecule has 0 aliphatic heterocycles. The molecule has 4 nitrogen and oxygen atoms in total. The lowest BCUT2D eigenvalue weighted by molar-refractivity contribution is 0.387. The summed E-state index contributed by atoms with van der Waals surface area (Å²) in [6, 6.07) is 9.60. The zero-order valence-electron chi connectivity index (χ0n) is 11.1. The third-order valence-electron chi connectivity index (χ3n) is 3.10. The average molecular weight is 304 g/mol. The van der Waals surface area contributed by atoms with E-state index in [0.29, 0.717) is 27.7 Å². The maximum atomic E-state index is 13.5. The van der Waals surface area contributed by atoms with Crippen molar-refractivity contribution >= 4 is 28.3 Å². The van der Waals surface area contributed by atoms with Gasteiger partial charge in [-0.1, -0.05) is 11.6 Å². The molecule has 0 amide bonds. The topological polar surface area (TPSA) is 61.0 Å². The van der Waals surface area contributed by atoms with Crippen LogP contribution in [0.25, 0.3) is 22.3 Å². The molecule has 2 N–H and O–H groups in total. The SMILES string of the molecule is COc1cc(-c2nc(N)c3ccc(Cl)cc3n2)ccc1F. The minimum atomic E-state index is -0.446. The van der Waals surface area contributed by atoms with Gasteiger partial charge in [0.25, 0.3) is 0 Å². The lowest BCUT2D eigenvalue weighted by atomic mass is 10.1. The van der Waals surface area contributed by atoms with E-state index in [1.165, 1.54) is 19.2 Å². The first kappa shape index (κ1) is 13.6. The van der Waals surface area contributed by atoms with E-state index in [1.807, 2.05) is 0 Å². The summed E-state index contributed by atoms with van der Waals surface area (Å²) in [5.74, 6) is 0.412. The predicted octanol–water partition coefficient (Wildman–Crippen LogP) is 3.68. The zero-order chi connectivity index (χ0) is 15.0. The first-order valence-electron chi connectivity index (χ1n) is 6.15. The van der Waals surface area contributed by atoms with Gasteiger partial charge in [-0.3, -0.25) is 0 Å². The molecule has 0 spiro atoms. The molecule has 106 valence electrons. The highest BCUT2D eigenvalue weighted by molar-refractivity contribution is 6.31. The molecule has 0 aliphatic rings. The van der Waals surface area contributed by atoms with Crippen molar-refractivity contribution in [2.45, 2.75) is 0 Å². The molecule has 1 aromatic heterocycles. The molecular weight excluding hydrogens is 293 g/mol. The Labute approximate surface area is 125 Å². The smallest absolute Gasteiger partial charge is 0.165 e. The number of hydrogen-bond acceptors (Lipinski definition) is 4. The number of hydrogen-bond donors (Lipinski definition) is 1. The van der Waals surface area contributed by atoms with Gasteiger partial charge in [0, 0.05) is 16.0 Å². The van der Waals surface area contributed by atoms with Crippen LogP contribution in [0.5, 0.6) is 5.75 Å². The highest BCUT2D eigenvalue weighted by atomic mass is 35.5. The number of nitrogens with two attached hydrogens (primary N) is 1. The summed E-state index contributed by atoms with van der Waals surface area (Å²) in [7, 11) is 1.40. The van der Waals surface area contributed by atoms with Crippen LogP contribution in [0.15, 0.2) is 36.4 Å². The molecule has 1 heterocycles. The zero-order valence-corrected chi connectivity index (χ0v) is 11.9. The van der Waals surface area contributed by atoms with Crippen molar-refractivity contribution in [1.29, 1.82) is 0 Å². The standard InChI is InChI=1S/C15H11ClFN3O/c1-21-13-6-8(2-5-11(13)17)15-19-12-7-9(16)3-4-10(12)14(18)20-15/h2-7H,1H3,(H2,18,19,20). The monoisotopic (exact) mass is 303 g/mol. The number of ether oxygens (including phenoxy) is 1. The van der Waals surface area contributed by atoms with Crippen molar-refractivity contribution in [3.63, 3.8) is 0 Å². The quantitative estimate of drug-likeness (QED) is 0.784. The van der Waals surface area contributed by atoms with Crippen molar-refractivity contribution in [2.24, 2.45) is 0 Å². The Balaban J connectivity index is 2.20. The summed E-state index contributed by atoms with van der Waals surface area (Å²) in [5.41, 5.74) is 7.19. The largest absolute Gasteiger partial charge is 0.494 e. The molecule has 0 atom stereocenters. The molecule has 0 unspecified atom stereocenters. The van der Waals surface area contributed by atoms with E-state index in [2.05, 4.69) is 9.97 Å². The van der Waals surface area contributed by atoms with Crippen molar-refractivity contribution in [1.82, 2.24) is 9.97 Å². The van der Waals surface area contributed by atoms with Crippen molar-refractivity contribution in [3.05, 3.63) is 47.2 Å². The van der Waals surface area contributed by atoms with Crippen LogP contribution in [0.4, 0.5) is 10.2 Å². The Morgan fingerprint density at radius 1 is 1.14 bits per heavy atom.